The Hall–Kier alpha value is -2.01. The Kier molecular flexibility index (Phi) is 7.92. The fourth-order valence-corrected chi connectivity index (χ4v) is 4.97. The predicted octanol–water partition coefficient (Wildman–Crippen LogP) is 3.48. The maximum absolute atomic E-state index is 13.2. The van der Waals surface area contributed by atoms with Crippen LogP contribution in [-0.2, 0) is 27.2 Å². The van der Waals surface area contributed by atoms with Crippen molar-refractivity contribution in [3.05, 3.63) is 63.9 Å². The molecule has 2 aromatic rings. The molecule has 1 aliphatic heterocycles. The van der Waals surface area contributed by atoms with E-state index in [9.17, 15) is 22.2 Å². The number of nitrogens with zero attached hydrogens (tertiary/aromatic N) is 2. The monoisotopic (exact) mass is 528 g/mol. The molecular formula is C22H26BrFN2O5S. The van der Waals surface area contributed by atoms with E-state index in [1.807, 2.05) is 13.8 Å². The molecule has 32 heavy (non-hydrogen) atoms. The number of halogens is 2. The number of carbonyl (C=O) groups is 1. The van der Waals surface area contributed by atoms with Crippen molar-refractivity contribution in [2.24, 2.45) is 0 Å². The highest BCUT2D eigenvalue weighted by molar-refractivity contribution is 9.10. The molecular weight excluding hydrogens is 503 g/mol. The number of piperazine rings is 1. The van der Waals surface area contributed by atoms with E-state index in [1.165, 1.54) is 18.2 Å². The van der Waals surface area contributed by atoms with E-state index in [0.717, 1.165) is 5.56 Å². The van der Waals surface area contributed by atoms with E-state index < -0.39 is 15.9 Å². The van der Waals surface area contributed by atoms with Crippen molar-refractivity contribution in [2.75, 3.05) is 19.7 Å². The van der Waals surface area contributed by atoms with E-state index in [-0.39, 0.29) is 41.7 Å². The standard InChI is InChI=1S/C22H26BrFN2O5S/c1-15-11-26(16(2)10-25(15)12-17-6-8-19(24)9-7-17)21(27)13-31-22-18(14-32(28,29)30)4-3-5-20(22)23/h3-9,15-16H,10-14H2,1-2H3,(H,28,29,30)/t15-,16+/m0/s1. The maximum Gasteiger partial charge on any atom is 0.269 e. The second-order valence-electron chi connectivity index (χ2n) is 8.04. The van der Waals surface area contributed by atoms with Crippen molar-refractivity contribution >= 4 is 32.0 Å². The number of para-hydroxylation sites is 1. The zero-order valence-electron chi connectivity index (χ0n) is 17.9. The van der Waals surface area contributed by atoms with Crippen LogP contribution in [0.15, 0.2) is 46.9 Å². The fourth-order valence-electron chi connectivity index (χ4n) is 3.83. The van der Waals surface area contributed by atoms with Crippen LogP contribution in [0, 0.1) is 5.82 Å². The van der Waals surface area contributed by atoms with Gasteiger partial charge in [0.05, 0.1) is 4.47 Å². The Morgan fingerprint density at radius 2 is 1.84 bits per heavy atom. The highest BCUT2D eigenvalue weighted by Gasteiger charge is 2.32. The molecule has 0 radical (unpaired) electrons. The Morgan fingerprint density at radius 1 is 1.16 bits per heavy atom. The molecule has 2 aromatic carbocycles. The van der Waals surface area contributed by atoms with Gasteiger partial charge in [0.2, 0.25) is 0 Å². The van der Waals surface area contributed by atoms with Gasteiger partial charge in [-0.05, 0) is 53.5 Å². The second-order valence-corrected chi connectivity index (χ2v) is 10.3. The SMILES string of the molecule is C[C@@H]1CN(Cc2ccc(F)cc2)[C@@H](C)CN1C(=O)COc1c(Br)cccc1CS(=O)(=O)O. The lowest BCUT2D eigenvalue weighted by atomic mass is 10.1. The second kappa shape index (κ2) is 10.3. The normalized spacial score (nSPS) is 19.7. The Bertz CT molecular complexity index is 1060. The molecule has 1 heterocycles. The van der Waals surface area contributed by atoms with E-state index in [1.54, 1.807) is 29.2 Å². The van der Waals surface area contributed by atoms with Crippen LogP contribution in [-0.4, -0.2) is 60.5 Å². The first-order valence-corrected chi connectivity index (χ1v) is 12.6. The minimum Gasteiger partial charge on any atom is -0.482 e. The Balaban J connectivity index is 1.63. The molecule has 1 fully saturated rings. The van der Waals surface area contributed by atoms with Gasteiger partial charge in [-0.2, -0.15) is 8.42 Å². The minimum atomic E-state index is -4.25. The minimum absolute atomic E-state index is 0.0562. The fraction of sp³-hybridized carbons (Fsp3) is 0.409. The number of carbonyl (C=O) groups excluding carboxylic acids is 1. The van der Waals surface area contributed by atoms with Gasteiger partial charge < -0.3 is 9.64 Å². The lowest BCUT2D eigenvalue weighted by Crippen LogP contribution is -2.58. The van der Waals surface area contributed by atoms with E-state index in [4.69, 9.17) is 4.74 Å². The molecule has 0 aromatic heterocycles. The number of benzene rings is 2. The third kappa shape index (κ3) is 6.50. The van der Waals surface area contributed by atoms with Crippen LogP contribution >= 0.6 is 15.9 Å². The van der Waals surface area contributed by atoms with Crippen LogP contribution < -0.4 is 4.74 Å². The molecule has 0 unspecified atom stereocenters. The smallest absolute Gasteiger partial charge is 0.269 e. The molecule has 0 saturated carbocycles. The molecule has 7 nitrogen and oxygen atoms in total. The molecule has 174 valence electrons. The summed E-state index contributed by atoms with van der Waals surface area (Å²) in [5, 5.41) is 0. The van der Waals surface area contributed by atoms with Gasteiger partial charge in [-0.15, -0.1) is 0 Å². The van der Waals surface area contributed by atoms with Crippen molar-refractivity contribution in [2.45, 2.75) is 38.2 Å². The van der Waals surface area contributed by atoms with E-state index >= 15 is 0 Å². The summed E-state index contributed by atoms with van der Waals surface area (Å²) < 4.78 is 51.1. The molecule has 1 N–H and O–H groups in total. The number of amides is 1. The molecule has 10 heteroatoms. The lowest BCUT2D eigenvalue weighted by Gasteiger charge is -2.44. The van der Waals surface area contributed by atoms with Crippen LogP contribution in [0.1, 0.15) is 25.0 Å². The van der Waals surface area contributed by atoms with Crippen molar-refractivity contribution < 1.29 is 26.9 Å². The summed E-state index contributed by atoms with van der Waals surface area (Å²) in [6, 6.07) is 11.3. The Labute approximate surface area is 196 Å². The lowest BCUT2D eigenvalue weighted by molar-refractivity contribution is -0.139. The average Bonchev–Trinajstić information content (AvgIpc) is 2.70. The van der Waals surface area contributed by atoms with Gasteiger partial charge >= 0.3 is 0 Å². The van der Waals surface area contributed by atoms with Gasteiger partial charge in [0.25, 0.3) is 16.0 Å². The van der Waals surface area contributed by atoms with Crippen LogP contribution in [0.2, 0.25) is 0 Å². The maximum atomic E-state index is 13.2. The summed E-state index contributed by atoms with van der Waals surface area (Å²) in [4.78, 5) is 16.9. The first-order valence-electron chi connectivity index (χ1n) is 10.2. The number of hydrogen-bond donors (Lipinski definition) is 1. The summed E-state index contributed by atoms with van der Waals surface area (Å²) in [6.45, 7) is 5.58. The van der Waals surface area contributed by atoms with Gasteiger partial charge in [-0.1, -0.05) is 24.3 Å². The summed E-state index contributed by atoms with van der Waals surface area (Å²) >= 11 is 3.31. The third-order valence-electron chi connectivity index (χ3n) is 5.46. The first kappa shape index (κ1) is 24.6. The van der Waals surface area contributed by atoms with Crippen molar-refractivity contribution in [3.63, 3.8) is 0 Å². The highest BCUT2D eigenvalue weighted by Crippen LogP contribution is 2.30. The predicted molar refractivity (Wildman–Crippen MR) is 122 cm³/mol. The summed E-state index contributed by atoms with van der Waals surface area (Å²) in [7, 11) is -4.25. The van der Waals surface area contributed by atoms with Gasteiger partial charge in [-0.25, -0.2) is 4.39 Å². The van der Waals surface area contributed by atoms with Crippen LogP contribution in [0.5, 0.6) is 5.75 Å². The summed E-state index contributed by atoms with van der Waals surface area (Å²) in [6.07, 6.45) is 0. The topological polar surface area (TPSA) is 87.2 Å². The summed E-state index contributed by atoms with van der Waals surface area (Å²) in [5.41, 5.74) is 1.27. The Morgan fingerprint density at radius 3 is 2.50 bits per heavy atom. The number of rotatable bonds is 7. The van der Waals surface area contributed by atoms with Crippen LogP contribution in [0.3, 0.4) is 0 Å². The van der Waals surface area contributed by atoms with Gasteiger partial charge in [0.15, 0.2) is 6.61 Å². The highest BCUT2D eigenvalue weighted by atomic mass is 79.9. The van der Waals surface area contributed by atoms with Crippen molar-refractivity contribution in [1.82, 2.24) is 9.80 Å². The molecule has 0 aliphatic carbocycles. The average molecular weight is 529 g/mol. The van der Waals surface area contributed by atoms with Crippen molar-refractivity contribution in [3.8, 4) is 5.75 Å². The molecule has 0 bridgehead atoms. The molecule has 1 saturated heterocycles. The number of ether oxygens (including phenoxy) is 1. The zero-order valence-corrected chi connectivity index (χ0v) is 20.3. The van der Waals surface area contributed by atoms with Gasteiger partial charge in [0, 0.05) is 37.3 Å². The molecule has 2 atom stereocenters. The summed E-state index contributed by atoms with van der Waals surface area (Å²) in [5.74, 6) is -0.866. The van der Waals surface area contributed by atoms with Gasteiger partial charge in [0.1, 0.15) is 17.3 Å². The van der Waals surface area contributed by atoms with Gasteiger partial charge in [-0.3, -0.25) is 14.2 Å². The quantitative estimate of drug-likeness (QED) is 0.553. The van der Waals surface area contributed by atoms with Crippen LogP contribution in [0.25, 0.3) is 0 Å². The molecule has 1 amide bonds. The first-order chi connectivity index (χ1) is 15.0. The van der Waals surface area contributed by atoms with E-state index in [2.05, 4.69) is 20.8 Å². The zero-order chi connectivity index (χ0) is 23.5. The van der Waals surface area contributed by atoms with E-state index in [0.29, 0.717) is 24.1 Å². The largest absolute Gasteiger partial charge is 0.482 e. The third-order valence-corrected chi connectivity index (χ3v) is 6.76. The molecule has 0 spiro atoms. The van der Waals surface area contributed by atoms with Crippen LogP contribution in [0.4, 0.5) is 4.39 Å². The molecule has 3 rings (SSSR count). The number of hydrogen-bond acceptors (Lipinski definition) is 5. The van der Waals surface area contributed by atoms with Crippen molar-refractivity contribution in [1.29, 1.82) is 0 Å². The molecule has 1 aliphatic rings.